The highest BCUT2D eigenvalue weighted by Gasteiger charge is 2.51. The van der Waals surface area contributed by atoms with Gasteiger partial charge in [0.15, 0.2) is 11.3 Å². The molecule has 5 heteroatoms. The van der Waals surface area contributed by atoms with Gasteiger partial charge in [0.05, 0.1) is 0 Å². The third-order valence-corrected chi connectivity index (χ3v) is 5.17. The van der Waals surface area contributed by atoms with Crippen LogP contribution in [0.5, 0.6) is 0 Å². The highest BCUT2D eigenvalue weighted by Crippen LogP contribution is 2.35. The SMILES string of the molecule is CC(=O)C1(C(=O)NCCNCc2ccccc2)CCCN1c1ccccc1. The van der Waals surface area contributed by atoms with Crippen molar-refractivity contribution in [2.45, 2.75) is 31.8 Å². The van der Waals surface area contributed by atoms with E-state index in [0.717, 1.165) is 18.7 Å². The van der Waals surface area contributed by atoms with Gasteiger partial charge in [0.25, 0.3) is 5.91 Å². The first kappa shape index (κ1) is 19.1. The number of para-hydroxylation sites is 1. The molecule has 3 rings (SSSR count). The number of Topliss-reactive ketones (excluding diaryl/α,β-unsaturated/α-hetero) is 1. The monoisotopic (exact) mass is 365 g/mol. The standard InChI is InChI=1S/C22H27N3O2/c1-18(26)22(13-8-16-25(22)20-11-6-3-7-12-20)21(27)24-15-14-23-17-19-9-4-2-5-10-19/h2-7,9-12,23H,8,13-17H2,1H3,(H,24,27). The van der Waals surface area contributed by atoms with Crippen LogP contribution in [-0.2, 0) is 16.1 Å². The Labute approximate surface area is 160 Å². The molecular formula is C22H27N3O2. The summed E-state index contributed by atoms with van der Waals surface area (Å²) in [6.07, 6.45) is 1.38. The number of carbonyl (C=O) groups is 2. The molecule has 27 heavy (non-hydrogen) atoms. The molecule has 0 radical (unpaired) electrons. The highest BCUT2D eigenvalue weighted by atomic mass is 16.2. The molecule has 5 nitrogen and oxygen atoms in total. The molecule has 2 aromatic rings. The predicted molar refractivity (Wildman–Crippen MR) is 108 cm³/mol. The van der Waals surface area contributed by atoms with Gasteiger partial charge >= 0.3 is 0 Å². The number of rotatable bonds is 8. The molecule has 0 aliphatic carbocycles. The Hall–Kier alpha value is -2.66. The number of anilines is 1. The lowest BCUT2D eigenvalue weighted by molar-refractivity contribution is -0.134. The Balaban J connectivity index is 1.59. The molecular weight excluding hydrogens is 338 g/mol. The second kappa shape index (κ2) is 8.82. The lowest BCUT2D eigenvalue weighted by atomic mass is 9.89. The van der Waals surface area contributed by atoms with E-state index in [0.29, 0.717) is 26.1 Å². The predicted octanol–water partition coefficient (Wildman–Crippen LogP) is 2.52. The summed E-state index contributed by atoms with van der Waals surface area (Å²) < 4.78 is 0. The molecule has 1 saturated heterocycles. The van der Waals surface area contributed by atoms with Gasteiger partial charge in [0.2, 0.25) is 0 Å². The lowest BCUT2D eigenvalue weighted by Gasteiger charge is -2.36. The van der Waals surface area contributed by atoms with E-state index < -0.39 is 5.54 Å². The van der Waals surface area contributed by atoms with Crippen LogP contribution in [0, 0.1) is 0 Å². The molecule has 2 aromatic carbocycles. The Morgan fingerprint density at radius 1 is 1.00 bits per heavy atom. The average Bonchev–Trinajstić information content (AvgIpc) is 3.15. The zero-order chi connectivity index (χ0) is 19.1. The van der Waals surface area contributed by atoms with Gasteiger partial charge in [-0.15, -0.1) is 0 Å². The summed E-state index contributed by atoms with van der Waals surface area (Å²) >= 11 is 0. The van der Waals surface area contributed by atoms with Crippen molar-refractivity contribution in [1.29, 1.82) is 0 Å². The summed E-state index contributed by atoms with van der Waals surface area (Å²) in [7, 11) is 0. The van der Waals surface area contributed by atoms with Gasteiger partial charge < -0.3 is 15.5 Å². The smallest absolute Gasteiger partial charge is 0.253 e. The third kappa shape index (κ3) is 4.19. The summed E-state index contributed by atoms with van der Waals surface area (Å²) in [6.45, 7) is 4.13. The summed E-state index contributed by atoms with van der Waals surface area (Å²) in [5.74, 6) is -0.295. The summed E-state index contributed by atoms with van der Waals surface area (Å²) in [5.41, 5.74) is 1.03. The fourth-order valence-corrected chi connectivity index (χ4v) is 3.78. The van der Waals surface area contributed by atoms with Gasteiger partial charge in [-0.05, 0) is 37.5 Å². The van der Waals surface area contributed by atoms with Crippen LogP contribution in [0.1, 0.15) is 25.3 Å². The van der Waals surface area contributed by atoms with E-state index in [-0.39, 0.29) is 11.7 Å². The van der Waals surface area contributed by atoms with Crippen molar-refractivity contribution >= 4 is 17.4 Å². The normalized spacial score (nSPS) is 19.1. The maximum Gasteiger partial charge on any atom is 0.253 e. The minimum absolute atomic E-state index is 0.0985. The van der Waals surface area contributed by atoms with Gasteiger partial charge in [0.1, 0.15) is 0 Å². The van der Waals surface area contributed by atoms with Crippen molar-refractivity contribution in [1.82, 2.24) is 10.6 Å². The van der Waals surface area contributed by atoms with Gasteiger partial charge in [-0.25, -0.2) is 0 Å². The molecule has 0 bridgehead atoms. The Morgan fingerprint density at radius 2 is 1.67 bits per heavy atom. The molecule has 1 aliphatic rings. The topological polar surface area (TPSA) is 61.4 Å². The van der Waals surface area contributed by atoms with Crippen LogP contribution in [0.25, 0.3) is 0 Å². The van der Waals surface area contributed by atoms with Crippen LogP contribution in [-0.4, -0.2) is 36.9 Å². The van der Waals surface area contributed by atoms with Crippen LogP contribution in [0.15, 0.2) is 60.7 Å². The van der Waals surface area contributed by atoms with Crippen LogP contribution >= 0.6 is 0 Å². The van der Waals surface area contributed by atoms with E-state index in [9.17, 15) is 9.59 Å². The third-order valence-electron chi connectivity index (χ3n) is 5.17. The fourth-order valence-electron chi connectivity index (χ4n) is 3.78. The molecule has 0 saturated carbocycles. The lowest BCUT2D eigenvalue weighted by Crippen LogP contribution is -2.60. The van der Waals surface area contributed by atoms with Crippen LogP contribution < -0.4 is 15.5 Å². The van der Waals surface area contributed by atoms with Crippen molar-refractivity contribution in [3.63, 3.8) is 0 Å². The summed E-state index contributed by atoms with van der Waals surface area (Å²) in [5, 5.41) is 6.29. The number of nitrogens with zero attached hydrogens (tertiary/aromatic N) is 1. The molecule has 142 valence electrons. The molecule has 1 atom stereocenters. The fraction of sp³-hybridized carbons (Fsp3) is 0.364. The van der Waals surface area contributed by atoms with Gasteiger partial charge in [-0.2, -0.15) is 0 Å². The van der Waals surface area contributed by atoms with E-state index in [1.165, 1.54) is 12.5 Å². The van der Waals surface area contributed by atoms with Crippen molar-refractivity contribution in [3.8, 4) is 0 Å². The van der Waals surface area contributed by atoms with Crippen LogP contribution in [0.2, 0.25) is 0 Å². The van der Waals surface area contributed by atoms with Crippen LogP contribution in [0.3, 0.4) is 0 Å². The molecule has 0 aromatic heterocycles. The molecule has 1 fully saturated rings. The molecule has 1 aliphatic heterocycles. The quantitative estimate of drug-likeness (QED) is 0.557. The zero-order valence-corrected chi connectivity index (χ0v) is 15.8. The van der Waals surface area contributed by atoms with Crippen LogP contribution in [0.4, 0.5) is 5.69 Å². The summed E-state index contributed by atoms with van der Waals surface area (Å²) in [4.78, 5) is 27.5. The highest BCUT2D eigenvalue weighted by molar-refractivity contribution is 6.13. The minimum Gasteiger partial charge on any atom is -0.352 e. The molecule has 2 N–H and O–H groups in total. The zero-order valence-electron chi connectivity index (χ0n) is 15.8. The minimum atomic E-state index is -1.10. The molecule has 0 spiro atoms. The number of hydrogen-bond donors (Lipinski definition) is 2. The maximum absolute atomic E-state index is 13.0. The number of benzene rings is 2. The Morgan fingerprint density at radius 3 is 2.33 bits per heavy atom. The molecule has 1 heterocycles. The average molecular weight is 365 g/mol. The Kier molecular flexibility index (Phi) is 6.24. The van der Waals surface area contributed by atoms with E-state index >= 15 is 0 Å². The number of nitrogens with one attached hydrogen (secondary N) is 2. The summed E-state index contributed by atoms with van der Waals surface area (Å²) in [6, 6.07) is 19.8. The first-order chi connectivity index (χ1) is 13.1. The molecule has 1 unspecified atom stereocenters. The largest absolute Gasteiger partial charge is 0.352 e. The number of hydrogen-bond acceptors (Lipinski definition) is 4. The Bertz CT molecular complexity index is 764. The van der Waals surface area contributed by atoms with Crippen molar-refractivity contribution in [3.05, 3.63) is 66.2 Å². The van der Waals surface area contributed by atoms with Crippen molar-refractivity contribution < 1.29 is 9.59 Å². The first-order valence-electron chi connectivity index (χ1n) is 9.51. The van der Waals surface area contributed by atoms with Gasteiger partial charge in [-0.1, -0.05) is 48.5 Å². The second-order valence-electron chi connectivity index (χ2n) is 6.93. The van der Waals surface area contributed by atoms with Gasteiger partial charge in [-0.3, -0.25) is 9.59 Å². The maximum atomic E-state index is 13.0. The van der Waals surface area contributed by atoms with Gasteiger partial charge in [0, 0.05) is 31.9 Å². The second-order valence-corrected chi connectivity index (χ2v) is 6.93. The van der Waals surface area contributed by atoms with E-state index in [1.807, 2.05) is 53.4 Å². The van der Waals surface area contributed by atoms with Crippen molar-refractivity contribution in [2.24, 2.45) is 0 Å². The van der Waals surface area contributed by atoms with E-state index in [4.69, 9.17) is 0 Å². The van der Waals surface area contributed by atoms with E-state index in [1.54, 1.807) is 0 Å². The van der Waals surface area contributed by atoms with E-state index in [2.05, 4.69) is 22.8 Å². The number of amides is 1. The first-order valence-corrected chi connectivity index (χ1v) is 9.51. The van der Waals surface area contributed by atoms with Crippen molar-refractivity contribution in [2.75, 3.05) is 24.5 Å². The number of carbonyl (C=O) groups excluding carboxylic acids is 2. The number of ketones is 1. The molecule has 1 amide bonds.